The number of hydrogen-bond donors (Lipinski definition) is 2. The molecule has 2 atom stereocenters. The number of anilines is 2. The molecule has 39 heavy (non-hydrogen) atoms. The second-order valence-corrected chi connectivity index (χ2v) is 10.2. The van der Waals surface area contributed by atoms with E-state index >= 15 is 0 Å². The molecule has 7 nitrogen and oxygen atoms in total. The maximum atomic E-state index is 13.7. The van der Waals surface area contributed by atoms with Crippen LogP contribution in [0.25, 0.3) is 11.1 Å². The average Bonchev–Trinajstić information content (AvgIpc) is 2.93. The molecule has 3 aromatic rings. The zero-order valence-electron chi connectivity index (χ0n) is 22.3. The van der Waals surface area contributed by atoms with Crippen LogP contribution in [0, 0.1) is 12.8 Å². The maximum Gasteiger partial charge on any atom is 0.286 e. The summed E-state index contributed by atoms with van der Waals surface area (Å²) in [5.41, 5.74) is 5.39. The van der Waals surface area contributed by atoms with Crippen LogP contribution in [0.5, 0.6) is 0 Å². The van der Waals surface area contributed by atoms with Gasteiger partial charge in [0.25, 0.3) is 11.8 Å². The van der Waals surface area contributed by atoms with E-state index in [9.17, 15) is 18.4 Å². The summed E-state index contributed by atoms with van der Waals surface area (Å²) < 4.78 is 33.2. The lowest BCUT2D eigenvalue weighted by Crippen LogP contribution is -2.56. The lowest BCUT2D eigenvalue weighted by molar-refractivity contribution is -0.126. The lowest BCUT2D eigenvalue weighted by Gasteiger charge is -2.45. The quantitative estimate of drug-likeness (QED) is 0.469. The third-order valence-electron chi connectivity index (χ3n) is 7.43. The minimum absolute atomic E-state index is 0.0273. The molecule has 0 bridgehead atoms. The predicted octanol–water partition coefficient (Wildman–Crippen LogP) is 4.93. The first kappa shape index (κ1) is 26.7. The van der Waals surface area contributed by atoms with Crippen LogP contribution in [0.1, 0.15) is 41.0 Å². The number of rotatable bonds is 6. The molecule has 2 unspecified atom stereocenters. The number of carbonyl (C=O) groups is 2. The normalized spacial score (nSPS) is 18.6. The Morgan fingerprint density at radius 3 is 2.74 bits per heavy atom. The topological polar surface area (TPSA) is 83.6 Å². The van der Waals surface area contributed by atoms with Crippen LogP contribution in [-0.4, -0.2) is 49.1 Å². The molecule has 1 saturated heterocycles. The second-order valence-electron chi connectivity index (χ2n) is 10.2. The van der Waals surface area contributed by atoms with Gasteiger partial charge in [0.15, 0.2) is 0 Å². The summed E-state index contributed by atoms with van der Waals surface area (Å²) in [6.07, 6.45) is 1.86. The number of carbonyl (C=O) groups excluding carboxylic acids is 2. The van der Waals surface area contributed by atoms with Crippen molar-refractivity contribution in [1.82, 2.24) is 10.3 Å². The highest BCUT2D eigenvalue weighted by Crippen LogP contribution is 2.39. The molecule has 9 heteroatoms. The number of halogens is 2. The van der Waals surface area contributed by atoms with Crippen LogP contribution in [-0.2, 0) is 21.9 Å². The Kier molecular flexibility index (Phi) is 7.36. The number of aromatic nitrogens is 1. The number of pyridine rings is 1. The lowest BCUT2D eigenvalue weighted by atomic mass is 9.83. The summed E-state index contributed by atoms with van der Waals surface area (Å²) in [6, 6.07) is 14.4. The van der Waals surface area contributed by atoms with Crippen molar-refractivity contribution in [2.75, 3.05) is 36.5 Å². The smallest absolute Gasteiger partial charge is 0.286 e. The number of fused-ring (bicyclic) bond motifs is 3. The van der Waals surface area contributed by atoms with Gasteiger partial charge < -0.3 is 20.3 Å². The highest BCUT2D eigenvalue weighted by molar-refractivity contribution is 6.04. The van der Waals surface area contributed by atoms with Gasteiger partial charge in [-0.25, -0.2) is 0 Å². The van der Waals surface area contributed by atoms with Gasteiger partial charge in [-0.1, -0.05) is 18.2 Å². The van der Waals surface area contributed by atoms with E-state index in [0.29, 0.717) is 38.4 Å². The summed E-state index contributed by atoms with van der Waals surface area (Å²) in [6.45, 7) is 7.08. The largest absolute Gasteiger partial charge is 0.377 e. The van der Waals surface area contributed by atoms with Crippen molar-refractivity contribution in [3.63, 3.8) is 0 Å². The van der Waals surface area contributed by atoms with Gasteiger partial charge in [-0.05, 0) is 72.9 Å². The van der Waals surface area contributed by atoms with Gasteiger partial charge in [-0.3, -0.25) is 14.6 Å². The first-order chi connectivity index (χ1) is 18.7. The fourth-order valence-corrected chi connectivity index (χ4v) is 5.40. The van der Waals surface area contributed by atoms with Gasteiger partial charge in [0.1, 0.15) is 5.69 Å². The highest BCUT2D eigenvalue weighted by atomic mass is 19.3. The Morgan fingerprint density at radius 2 is 1.97 bits per heavy atom. The molecule has 5 rings (SSSR count). The average molecular weight is 535 g/mol. The molecule has 0 spiro atoms. The van der Waals surface area contributed by atoms with Gasteiger partial charge >= 0.3 is 0 Å². The molecule has 2 aliphatic rings. The van der Waals surface area contributed by atoms with E-state index in [0.717, 1.165) is 40.9 Å². The van der Waals surface area contributed by atoms with Gasteiger partial charge in [-0.15, -0.1) is 0 Å². The van der Waals surface area contributed by atoms with Crippen molar-refractivity contribution in [2.45, 2.75) is 39.2 Å². The molecule has 1 fully saturated rings. The third-order valence-corrected chi connectivity index (χ3v) is 7.43. The Bertz CT molecular complexity index is 1410. The van der Waals surface area contributed by atoms with E-state index in [2.05, 4.69) is 32.7 Å². The van der Waals surface area contributed by atoms with Crippen LogP contribution >= 0.6 is 0 Å². The number of ether oxygens (including phenoxy) is 1. The van der Waals surface area contributed by atoms with Gasteiger partial charge in [0, 0.05) is 43.1 Å². The number of nitrogens with zero attached hydrogens (tertiary/aromatic N) is 2. The molecular formula is C30H32F2N4O3. The Labute approximate surface area is 226 Å². The summed E-state index contributed by atoms with van der Waals surface area (Å²) in [5, 5.41) is 5.80. The molecule has 2 aromatic carbocycles. The highest BCUT2D eigenvalue weighted by Gasteiger charge is 2.40. The molecule has 1 aromatic heterocycles. The standard InChI is InChI=1S/C30H32F2N4O3/c1-4-33-29(38)24-13-20-7-6-19(14-25(20)36-11-12-39-17-26(24)36)23-16-22(8-5-18(23)2)35-28(37)21-9-10-34-27(15-21)30(3,31)32/h5-10,14-16,24,26H,4,11-13,17H2,1-3H3,(H,33,38)(H,35,37). The van der Waals surface area contributed by atoms with Gasteiger partial charge in [0.2, 0.25) is 5.91 Å². The van der Waals surface area contributed by atoms with Gasteiger partial charge in [-0.2, -0.15) is 8.78 Å². The number of morpholine rings is 1. The first-order valence-corrected chi connectivity index (χ1v) is 13.2. The van der Waals surface area contributed by atoms with Crippen molar-refractivity contribution in [3.8, 4) is 11.1 Å². The molecule has 204 valence electrons. The Hall–Kier alpha value is -3.85. The summed E-state index contributed by atoms with van der Waals surface area (Å²) >= 11 is 0. The number of hydrogen-bond acceptors (Lipinski definition) is 5. The van der Waals surface area contributed by atoms with Crippen LogP contribution in [0.2, 0.25) is 0 Å². The predicted molar refractivity (Wildman–Crippen MR) is 146 cm³/mol. The van der Waals surface area contributed by atoms with Crippen molar-refractivity contribution >= 4 is 23.2 Å². The SMILES string of the molecule is CCNC(=O)C1Cc2ccc(-c3cc(NC(=O)c4ccnc(C(C)(F)F)c4)ccc3C)cc2N2CCOCC12. The number of alkyl halides is 2. The number of nitrogens with one attached hydrogen (secondary N) is 2. The van der Waals surface area contributed by atoms with Crippen molar-refractivity contribution < 1.29 is 23.1 Å². The number of aryl methyl sites for hydroxylation is 1. The molecule has 2 aliphatic heterocycles. The van der Waals surface area contributed by atoms with Crippen molar-refractivity contribution in [3.05, 3.63) is 77.1 Å². The summed E-state index contributed by atoms with van der Waals surface area (Å²) in [5.74, 6) is -3.75. The molecule has 0 saturated carbocycles. The Balaban J connectivity index is 1.43. The van der Waals surface area contributed by atoms with Crippen LogP contribution in [0.4, 0.5) is 20.2 Å². The first-order valence-electron chi connectivity index (χ1n) is 13.2. The van der Waals surface area contributed by atoms with E-state index in [1.54, 1.807) is 6.07 Å². The monoisotopic (exact) mass is 534 g/mol. The summed E-state index contributed by atoms with van der Waals surface area (Å²) in [7, 11) is 0. The van der Waals surface area contributed by atoms with Crippen LogP contribution < -0.4 is 15.5 Å². The zero-order valence-corrected chi connectivity index (χ0v) is 22.3. The molecular weight excluding hydrogens is 502 g/mol. The third kappa shape index (κ3) is 5.49. The maximum absolute atomic E-state index is 13.7. The van der Waals surface area contributed by atoms with Crippen LogP contribution in [0.3, 0.4) is 0 Å². The fraction of sp³-hybridized carbons (Fsp3) is 0.367. The number of amides is 2. The number of benzene rings is 2. The van der Waals surface area contributed by atoms with E-state index in [1.165, 1.54) is 12.3 Å². The van der Waals surface area contributed by atoms with E-state index in [4.69, 9.17) is 4.74 Å². The Morgan fingerprint density at radius 1 is 1.15 bits per heavy atom. The second kappa shape index (κ2) is 10.7. The summed E-state index contributed by atoms with van der Waals surface area (Å²) in [4.78, 5) is 31.7. The zero-order chi connectivity index (χ0) is 27.7. The molecule has 0 radical (unpaired) electrons. The van der Waals surface area contributed by atoms with Crippen molar-refractivity contribution in [2.24, 2.45) is 5.92 Å². The van der Waals surface area contributed by atoms with Gasteiger partial charge in [0.05, 0.1) is 25.2 Å². The minimum Gasteiger partial charge on any atom is -0.377 e. The van der Waals surface area contributed by atoms with E-state index in [-0.39, 0.29) is 23.4 Å². The van der Waals surface area contributed by atoms with Crippen molar-refractivity contribution in [1.29, 1.82) is 0 Å². The fourth-order valence-electron chi connectivity index (χ4n) is 5.40. The molecule has 3 heterocycles. The minimum atomic E-state index is -3.14. The van der Waals surface area contributed by atoms with Crippen LogP contribution in [0.15, 0.2) is 54.7 Å². The van der Waals surface area contributed by atoms with E-state index in [1.807, 2.05) is 32.0 Å². The molecule has 2 amide bonds. The van der Waals surface area contributed by atoms with E-state index < -0.39 is 17.5 Å². The molecule has 2 N–H and O–H groups in total. The molecule has 0 aliphatic carbocycles.